The summed E-state index contributed by atoms with van der Waals surface area (Å²) in [6.07, 6.45) is 1.38. The Morgan fingerprint density at radius 2 is 1.89 bits per heavy atom. The number of carbonyl (C=O) groups is 2. The van der Waals surface area contributed by atoms with Gasteiger partial charge < -0.3 is 20.1 Å². The number of anilines is 1. The van der Waals surface area contributed by atoms with Crippen LogP contribution < -0.4 is 20.1 Å². The van der Waals surface area contributed by atoms with E-state index in [-0.39, 0.29) is 23.8 Å². The van der Waals surface area contributed by atoms with Crippen LogP contribution in [-0.2, 0) is 16.0 Å². The van der Waals surface area contributed by atoms with E-state index in [9.17, 15) is 9.59 Å². The molecule has 0 radical (unpaired) electrons. The average molecular weight is 382 g/mol. The van der Waals surface area contributed by atoms with Gasteiger partial charge in [0.2, 0.25) is 11.8 Å². The molecule has 6 nitrogen and oxygen atoms in total. The summed E-state index contributed by atoms with van der Waals surface area (Å²) in [7, 11) is 3.22. The van der Waals surface area contributed by atoms with Crippen molar-refractivity contribution in [1.29, 1.82) is 0 Å². The highest BCUT2D eigenvalue weighted by atomic mass is 16.5. The third-order valence-electron chi connectivity index (χ3n) is 5.30. The molecule has 0 aromatic heterocycles. The zero-order valence-corrected chi connectivity index (χ0v) is 16.5. The van der Waals surface area contributed by atoms with E-state index in [0.29, 0.717) is 19.3 Å². The number of nitrogens with zero attached hydrogens (tertiary/aromatic N) is 1. The SMILES string of the molecule is COc1ccc(OC)c(CCC(=O)N2c3ccccc3[C@H](C(N)=O)C[C@@H]2C)c1. The molecule has 1 aliphatic rings. The number of aryl methyl sites for hydroxylation is 1. The lowest BCUT2D eigenvalue weighted by Gasteiger charge is -2.38. The molecule has 2 aromatic carbocycles. The van der Waals surface area contributed by atoms with Crippen molar-refractivity contribution in [3.8, 4) is 11.5 Å². The smallest absolute Gasteiger partial charge is 0.227 e. The minimum Gasteiger partial charge on any atom is -0.497 e. The molecule has 2 aromatic rings. The topological polar surface area (TPSA) is 81.9 Å². The Labute approximate surface area is 165 Å². The van der Waals surface area contributed by atoms with E-state index < -0.39 is 0 Å². The van der Waals surface area contributed by atoms with Crippen LogP contribution in [0.15, 0.2) is 42.5 Å². The average Bonchev–Trinajstić information content (AvgIpc) is 2.70. The molecule has 1 aliphatic heterocycles. The molecule has 2 N–H and O–H groups in total. The highest BCUT2D eigenvalue weighted by molar-refractivity contribution is 5.97. The fourth-order valence-electron chi connectivity index (χ4n) is 3.90. The van der Waals surface area contributed by atoms with Crippen molar-refractivity contribution in [2.24, 2.45) is 5.73 Å². The van der Waals surface area contributed by atoms with Gasteiger partial charge in [-0.2, -0.15) is 0 Å². The second-order valence-corrected chi connectivity index (χ2v) is 7.04. The molecule has 148 valence electrons. The van der Waals surface area contributed by atoms with Crippen molar-refractivity contribution >= 4 is 17.5 Å². The first-order valence-corrected chi connectivity index (χ1v) is 9.37. The lowest BCUT2D eigenvalue weighted by molar-refractivity contribution is -0.121. The zero-order chi connectivity index (χ0) is 20.3. The Bertz CT molecular complexity index is 881. The van der Waals surface area contributed by atoms with Gasteiger partial charge in [0, 0.05) is 18.2 Å². The van der Waals surface area contributed by atoms with Gasteiger partial charge in [-0.15, -0.1) is 0 Å². The Balaban J connectivity index is 1.83. The lowest BCUT2D eigenvalue weighted by atomic mass is 9.85. The number of amides is 2. The van der Waals surface area contributed by atoms with Crippen molar-refractivity contribution < 1.29 is 19.1 Å². The van der Waals surface area contributed by atoms with Crippen LogP contribution in [0.2, 0.25) is 0 Å². The maximum Gasteiger partial charge on any atom is 0.227 e. The lowest BCUT2D eigenvalue weighted by Crippen LogP contribution is -2.45. The summed E-state index contributed by atoms with van der Waals surface area (Å²) in [5, 5.41) is 0. The molecular weight excluding hydrogens is 356 g/mol. The Morgan fingerprint density at radius 1 is 1.14 bits per heavy atom. The van der Waals surface area contributed by atoms with Gasteiger partial charge in [0.15, 0.2) is 0 Å². The number of para-hydroxylation sites is 1. The standard InChI is InChI=1S/C22H26N2O4/c1-14-12-18(22(23)26)17-6-4-5-7-19(17)24(14)21(25)11-8-15-13-16(27-2)9-10-20(15)28-3/h4-7,9-10,13-14,18H,8,11-12H2,1-3H3,(H2,23,26)/t14-,18+/m0/s1. The van der Waals surface area contributed by atoms with Crippen LogP contribution >= 0.6 is 0 Å². The number of primary amides is 1. The van der Waals surface area contributed by atoms with Crippen LogP contribution in [0.4, 0.5) is 5.69 Å². The molecule has 28 heavy (non-hydrogen) atoms. The van der Waals surface area contributed by atoms with Crippen molar-refractivity contribution in [1.82, 2.24) is 0 Å². The highest BCUT2D eigenvalue weighted by Crippen LogP contribution is 2.38. The Morgan fingerprint density at radius 3 is 2.57 bits per heavy atom. The predicted molar refractivity (Wildman–Crippen MR) is 108 cm³/mol. The van der Waals surface area contributed by atoms with Crippen LogP contribution in [0, 0.1) is 0 Å². The molecule has 3 rings (SSSR count). The van der Waals surface area contributed by atoms with Crippen LogP contribution in [0.3, 0.4) is 0 Å². The summed E-state index contributed by atoms with van der Waals surface area (Å²) >= 11 is 0. The molecule has 0 spiro atoms. The van der Waals surface area contributed by atoms with Gasteiger partial charge in [0.05, 0.1) is 20.1 Å². The van der Waals surface area contributed by atoms with Gasteiger partial charge in [-0.05, 0) is 55.2 Å². The number of hydrogen-bond donors (Lipinski definition) is 1. The van der Waals surface area contributed by atoms with Crippen LogP contribution in [-0.4, -0.2) is 32.1 Å². The highest BCUT2D eigenvalue weighted by Gasteiger charge is 2.35. The molecule has 2 amide bonds. The van der Waals surface area contributed by atoms with Gasteiger partial charge in [0.1, 0.15) is 11.5 Å². The number of ether oxygens (including phenoxy) is 2. The minimum absolute atomic E-state index is 0.00717. The summed E-state index contributed by atoms with van der Waals surface area (Å²) in [6.45, 7) is 1.95. The van der Waals surface area contributed by atoms with E-state index in [0.717, 1.165) is 28.3 Å². The number of benzene rings is 2. The number of rotatable bonds is 6. The second-order valence-electron chi connectivity index (χ2n) is 7.04. The molecule has 0 saturated heterocycles. The summed E-state index contributed by atoms with van der Waals surface area (Å²) in [5.41, 5.74) is 8.10. The van der Waals surface area contributed by atoms with Crippen molar-refractivity contribution in [2.45, 2.75) is 38.1 Å². The molecule has 0 fully saturated rings. The predicted octanol–water partition coefficient (Wildman–Crippen LogP) is 3.03. The zero-order valence-electron chi connectivity index (χ0n) is 16.5. The molecule has 2 atom stereocenters. The molecule has 0 aliphatic carbocycles. The van der Waals surface area contributed by atoms with E-state index in [2.05, 4.69) is 0 Å². The van der Waals surface area contributed by atoms with Crippen LogP contribution in [0.5, 0.6) is 11.5 Å². The summed E-state index contributed by atoms with van der Waals surface area (Å²) in [5.74, 6) is 0.743. The first-order valence-electron chi connectivity index (χ1n) is 9.37. The van der Waals surface area contributed by atoms with Crippen molar-refractivity contribution in [3.63, 3.8) is 0 Å². The summed E-state index contributed by atoms with van der Waals surface area (Å²) < 4.78 is 10.7. The van der Waals surface area contributed by atoms with E-state index in [1.54, 1.807) is 19.1 Å². The van der Waals surface area contributed by atoms with Gasteiger partial charge >= 0.3 is 0 Å². The van der Waals surface area contributed by atoms with Crippen LogP contribution in [0.1, 0.15) is 36.8 Å². The fourth-order valence-corrected chi connectivity index (χ4v) is 3.90. The number of methoxy groups -OCH3 is 2. The number of fused-ring (bicyclic) bond motifs is 1. The quantitative estimate of drug-likeness (QED) is 0.833. The van der Waals surface area contributed by atoms with Gasteiger partial charge in [-0.1, -0.05) is 18.2 Å². The number of carbonyl (C=O) groups excluding carboxylic acids is 2. The largest absolute Gasteiger partial charge is 0.497 e. The molecule has 0 bridgehead atoms. The third kappa shape index (κ3) is 3.81. The maximum atomic E-state index is 13.1. The van der Waals surface area contributed by atoms with Crippen molar-refractivity contribution in [2.75, 3.05) is 19.1 Å². The Hall–Kier alpha value is -3.02. The molecule has 0 saturated carbocycles. The monoisotopic (exact) mass is 382 g/mol. The molecule has 1 heterocycles. The second kappa shape index (κ2) is 8.33. The summed E-state index contributed by atoms with van der Waals surface area (Å²) in [4.78, 5) is 26.8. The van der Waals surface area contributed by atoms with Gasteiger partial charge in [-0.3, -0.25) is 9.59 Å². The minimum atomic E-state index is -0.367. The fraction of sp³-hybridized carbons (Fsp3) is 0.364. The molecule has 6 heteroatoms. The summed E-state index contributed by atoms with van der Waals surface area (Å²) in [6, 6.07) is 13.0. The van der Waals surface area contributed by atoms with Gasteiger partial charge in [0.25, 0.3) is 0 Å². The maximum absolute atomic E-state index is 13.1. The molecular formula is C22H26N2O4. The van der Waals surface area contributed by atoms with E-state index >= 15 is 0 Å². The first-order chi connectivity index (χ1) is 13.5. The third-order valence-corrected chi connectivity index (χ3v) is 5.30. The van der Waals surface area contributed by atoms with E-state index in [1.807, 2.05) is 49.4 Å². The van der Waals surface area contributed by atoms with Crippen molar-refractivity contribution in [3.05, 3.63) is 53.6 Å². The Kier molecular flexibility index (Phi) is 5.87. The van der Waals surface area contributed by atoms with E-state index in [1.165, 1.54) is 0 Å². The van der Waals surface area contributed by atoms with Crippen LogP contribution in [0.25, 0.3) is 0 Å². The molecule has 0 unspecified atom stereocenters. The van der Waals surface area contributed by atoms with Gasteiger partial charge in [-0.25, -0.2) is 0 Å². The normalized spacial score (nSPS) is 18.3. The first kappa shape index (κ1) is 19.7. The number of nitrogens with two attached hydrogens (primary N) is 1. The van der Waals surface area contributed by atoms with E-state index in [4.69, 9.17) is 15.2 Å². The number of hydrogen-bond acceptors (Lipinski definition) is 4.